The molecule has 1 aromatic carbocycles. The van der Waals surface area contributed by atoms with Gasteiger partial charge in [-0.2, -0.15) is 4.98 Å². The maximum absolute atomic E-state index is 13.4. The molecule has 2 amide bonds. The largest absolute Gasteiger partial charge is 0.453 e. The molecule has 0 fully saturated rings. The summed E-state index contributed by atoms with van der Waals surface area (Å²) in [5.74, 6) is -0.350. The summed E-state index contributed by atoms with van der Waals surface area (Å²) in [7, 11) is 1.25. The highest BCUT2D eigenvalue weighted by Crippen LogP contribution is 2.24. The van der Waals surface area contributed by atoms with Crippen molar-refractivity contribution < 1.29 is 23.2 Å². The summed E-state index contributed by atoms with van der Waals surface area (Å²) in [6, 6.07) is 7.78. The first-order chi connectivity index (χ1) is 14.9. The molecule has 158 valence electrons. The van der Waals surface area contributed by atoms with Gasteiger partial charge in [-0.15, -0.1) is 0 Å². The number of benzene rings is 1. The van der Waals surface area contributed by atoms with Gasteiger partial charge in [-0.25, -0.2) is 14.2 Å². The molecule has 4 rings (SSSR count). The minimum absolute atomic E-state index is 0.0179. The summed E-state index contributed by atoms with van der Waals surface area (Å²) in [6.07, 6.45) is 2.21. The van der Waals surface area contributed by atoms with E-state index in [1.807, 2.05) is 6.92 Å². The number of carbonyl (C=O) groups is 2. The number of amides is 2. The molecule has 0 aliphatic carbocycles. The number of fused-ring (bicyclic) bond motifs is 1. The van der Waals surface area contributed by atoms with Gasteiger partial charge in [0.2, 0.25) is 11.7 Å². The van der Waals surface area contributed by atoms with E-state index in [0.29, 0.717) is 22.7 Å². The number of carbonyl (C=O) groups excluding carboxylic acids is 2. The number of anilines is 1. The van der Waals surface area contributed by atoms with Crippen LogP contribution < -0.4 is 10.6 Å². The summed E-state index contributed by atoms with van der Waals surface area (Å²) >= 11 is 0. The number of methoxy groups -OCH3 is 1. The minimum Gasteiger partial charge on any atom is -0.453 e. The SMILES string of the molecule is COC(=O)NCc1nc(-c2ccc(C)c(NC(=O)c3cnc4cc(F)ccn34)c2)no1. The Morgan fingerprint density at radius 1 is 1.26 bits per heavy atom. The number of imidazole rings is 1. The van der Waals surface area contributed by atoms with E-state index in [1.165, 1.54) is 36.0 Å². The number of aromatic nitrogens is 4. The third-order valence-corrected chi connectivity index (χ3v) is 4.49. The Hall–Kier alpha value is -4.28. The second-order valence-electron chi connectivity index (χ2n) is 6.56. The molecule has 0 bridgehead atoms. The standard InChI is InChI=1S/C20H17FN6O4/c1-11-3-4-12(18-25-17(31-26-18)10-23-20(29)30-2)7-14(11)24-19(28)15-9-22-16-8-13(21)5-6-27(15)16/h3-9H,10H2,1-2H3,(H,23,29)(H,24,28). The van der Waals surface area contributed by atoms with Gasteiger partial charge < -0.3 is 19.9 Å². The Labute approximate surface area is 175 Å². The van der Waals surface area contributed by atoms with Gasteiger partial charge in [0.05, 0.1) is 13.3 Å². The van der Waals surface area contributed by atoms with Crippen LogP contribution in [-0.4, -0.2) is 38.6 Å². The molecule has 0 aliphatic heterocycles. The Kier molecular flexibility index (Phi) is 5.31. The van der Waals surface area contributed by atoms with Crippen LogP contribution in [0.5, 0.6) is 0 Å². The summed E-state index contributed by atoms with van der Waals surface area (Å²) in [6.45, 7) is 1.86. The molecule has 0 aliphatic rings. The first kappa shape index (κ1) is 20.0. The first-order valence-electron chi connectivity index (χ1n) is 9.14. The lowest BCUT2D eigenvalue weighted by Crippen LogP contribution is -2.22. The number of nitrogens with zero attached hydrogens (tertiary/aromatic N) is 4. The van der Waals surface area contributed by atoms with Crippen molar-refractivity contribution in [2.24, 2.45) is 0 Å². The summed E-state index contributed by atoms with van der Waals surface area (Å²) in [4.78, 5) is 32.2. The lowest BCUT2D eigenvalue weighted by atomic mass is 10.1. The molecule has 10 nitrogen and oxygen atoms in total. The summed E-state index contributed by atoms with van der Waals surface area (Å²) in [5, 5.41) is 9.18. The second kappa shape index (κ2) is 8.22. The Balaban J connectivity index is 1.55. The second-order valence-corrected chi connectivity index (χ2v) is 6.56. The predicted molar refractivity (Wildman–Crippen MR) is 107 cm³/mol. The molecule has 0 saturated heterocycles. The third-order valence-electron chi connectivity index (χ3n) is 4.49. The highest BCUT2D eigenvalue weighted by Gasteiger charge is 2.16. The lowest BCUT2D eigenvalue weighted by Gasteiger charge is -2.09. The van der Waals surface area contributed by atoms with Crippen LogP contribution in [0, 0.1) is 12.7 Å². The van der Waals surface area contributed by atoms with Gasteiger partial charge in [0.1, 0.15) is 23.7 Å². The molecule has 11 heteroatoms. The van der Waals surface area contributed by atoms with E-state index in [2.05, 4.69) is 30.5 Å². The van der Waals surface area contributed by atoms with Crippen LogP contribution in [0.3, 0.4) is 0 Å². The summed E-state index contributed by atoms with van der Waals surface area (Å²) < 4.78 is 24.5. The number of halogens is 1. The van der Waals surface area contributed by atoms with Crippen molar-refractivity contribution in [1.29, 1.82) is 0 Å². The van der Waals surface area contributed by atoms with Crippen molar-refractivity contribution in [2.45, 2.75) is 13.5 Å². The van der Waals surface area contributed by atoms with Crippen LogP contribution in [0.25, 0.3) is 17.0 Å². The van der Waals surface area contributed by atoms with Gasteiger partial charge in [-0.3, -0.25) is 9.20 Å². The van der Waals surface area contributed by atoms with E-state index in [1.54, 1.807) is 18.2 Å². The highest BCUT2D eigenvalue weighted by atomic mass is 19.1. The third kappa shape index (κ3) is 4.20. The van der Waals surface area contributed by atoms with Gasteiger partial charge in [0.15, 0.2) is 0 Å². The normalized spacial score (nSPS) is 10.8. The fourth-order valence-corrected chi connectivity index (χ4v) is 2.87. The average Bonchev–Trinajstić information content (AvgIpc) is 3.40. The van der Waals surface area contributed by atoms with Crippen molar-refractivity contribution in [2.75, 3.05) is 12.4 Å². The van der Waals surface area contributed by atoms with E-state index in [9.17, 15) is 14.0 Å². The maximum Gasteiger partial charge on any atom is 0.407 e. The zero-order chi connectivity index (χ0) is 22.0. The van der Waals surface area contributed by atoms with Gasteiger partial charge in [0, 0.05) is 23.5 Å². The Morgan fingerprint density at radius 3 is 2.90 bits per heavy atom. The molecule has 0 unspecified atom stereocenters. The predicted octanol–water partition coefficient (Wildman–Crippen LogP) is 2.94. The van der Waals surface area contributed by atoms with E-state index in [4.69, 9.17) is 4.52 Å². The van der Waals surface area contributed by atoms with Crippen LogP contribution >= 0.6 is 0 Å². The van der Waals surface area contributed by atoms with E-state index < -0.39 is 17.8 Å². The molecule has 3 heterocycles. The van der Waals surface area contributed by atoms with E-state index in [-0.39, 0.29) is 18.1 Å². The molecule has 0 radical (unpaired) electrons. The molecule has 4 aromatic rings. The number of aryl methyl sites for hydroxylation is 1. The number of pyridine rings is 1. The number of alkyl carbamates (subject to hydrolysis) is 1. The molecule has 0 saturated carbocycles. The van der Waals surface area contributed by atoms with E-state index >= 15 is 0 Å². The lowest BCUT2D eigenvalue weighted by molar-refractivity contribution is 0.102. The smallest absolute Gasteiger partial charge is 0.407 e. The topological polar surface area (TPSA) is 124 Å². The quantitative estimate of drug-likeness (QED) is 0.505. The number of hydrogen-bond donors (Lipinski definition) is 2. The molecule has 2 N–H and O–H groups in total. The molecule has 0 atom stereocenters. The van der Waals surface area contributed by atoms with Crippen LogP contribution in [-0.2, 0) is 11.3 Å². The number of ether oxygens (including phenoxy) is 1. The number of nitrogens with one attached hydrogen (secondary N) is 2. The van der Waals surface area contributed by atoms with Crippen LogP contribution in [0.2, 0.25) is 0 Å². The number of rotatable bonds is 5. The fourth-order valence-electron chi connectivity index (χ4n) is 2.87. The van der Waals surface area contributed by atoms with Crippen molar-refractivity contribution in [3.05, 3.63) is 65.7 Å². The van der Waals surface area contributed by atoms with Gasteiger partial charge in [0.25, 0.3) is 5.91 Å². The van der Waals surface area contributed by atoms with Crippen molar-refractivity contribution in [1.82, 2.24) is 24.8 Å². The van der Waals surface area contributed by atoms with Crippen molar-refractivity contribution in [3.8, 4) is 11.4 Å². The van der Waals surface area contributed by atoms with E-state index in [0.717, 1.165) is 5.56 Å². The average molecular weight is 424 g/mol. The van der Waals surface area contributed by atoms with Crippen LogP contribution in [0.1, 0.15) is 21.9 Å². The zero-order valence-electron chi connectivity index (χ0n) is 16.5. The van der Waals surface area contributed by atoms with Gasteiger partial charge in [-0.05, 0) is 24.6 Å². The molecule has 31 heavy (non-hydrogen) atoms. The highest BCUT2D eigenvalue weighted by molar-refractivity contribution is 6.04. The van der Waals surface area contributed by atoms with Crippen LogP contribution in [0.4, 0.5) is 14.9 Å². The van der Waals surface area contributed by atoms with Crippen molar-refractivity contribution >= 4 is 23.3 Å². The Bertz CT molecular complexity index is 1280. The molecular weight excluding hydrogens is 407 g/mol. The van der Waals surface area contributed by atoms with Crippen molar-refractivity contribution in [3.63, 3.8) is 0 Å². The first-order valence-corrected chi connectivity index (χ1v) is 9.14. The van der Waals surface area contributed by atoms with Crippen LogP contribution in [0.15, 0.2) is 47.2 Å². The Morgan fingerprint density at radius 2 is 2.10 bits per heavy atom. The summed E-state index contributed by atoms with van der Waals surface area (Å²) in [5.41, 5.74) is 2.55. The van der Waals surface area contributed by atoms with Gasteiger partial charge >= 0.3 is 6.09 Å². The van der Waals surface area contributed by atoms with Gasteiger partial charge in [-0.1, -0.05) is 17.3 Å². The molecule has 3 aromatic heterocycles. The molecule has 0 spiro atoms. The minimum atomic E-state index is -0.616. The monoisotopic (exact) mass is 424 g/mol. The maximum atomic E-state index is 13.4. The zero-order valence-corrected chi connectivity index (χ0v) is 16.5. The molecular formula is C20H17FN6O4. The number of hydrogen-bond acceptors (Lipinski definition) is 7. The fraction of sp³-hybridized carbons (Fsp3) is 0.150.